The molecular formula is C11H14ClNOS. The molecule has 0 saturated carbocycles. The van der Waals surface area contributed by atoms with E-state index in [1.165, 1.54) is 23.5 Å². The molecule has 0 radical (unpaired) electrons. The number of rotatable bonds is 3. The Bertz CT molecular complexity index is 339. The summed E-state index contributed by atoms with van der Waals surface area (Å²) < 4.78 is 0. The summed E-state index contributed by atoms with van der Waals surface area (Å²) in [6.07, 6.45) is 1.23. The van der Waals surface area contributed by atoms with Crippen molar-refractivity contribution in [3.8, 4) is 0 Å². The molecular weight excluding hydrogens is 230 g/mol. The third kappa shape index (κ3) is 2.67. The molecule has 0 spiro atoms. The number of hydrogen-bond acceptors (Lipinski definition) is 3. The number of benzene rings is 1. The number of nitrogens with two attached hydrogens (primary N) is 1. The zero-order valence-corrected chi connectivity index (χ0v) is 9.98. The molecule has 1 heterocycles. The van der Waals surface area contributed by atoms with Gasteiger partial charge in [0.25, 0.3) is 0 Å². The summed E-state index contributed by atoms with van der Waals surface area (Å²) in [5.74, 6) is 8.08. The number of thioether (sulfide) groups is 1. The van der Waals surface area contributed by atoms with E-state index in [9.17, 15) is 0 Å². The zero-order valence-electron chi connectivity index (χ0n) is 8.41. The van der Waals surface area contributed by atoms with Crippen LogP contribution in [0, 0.1) is 0 Å². The van der Waals surface area contributed by atoms with Crippen LogP contribution in [0.4, 0.5) is 0 Å². The Balaban J connectivity index is 2.18. The first-order valence-corrected chi connectivity index (χ1v) is 6.52. The molecule has 2 rings (SSSR count). The summed E-state index contributed by atoms with van der Waals surface area (Å²) in [6.45, 7) is 0.416. The van der Waals surface area contributed by atoms with Crippen LogP contribution in [0.2, 0.25) is 5.02 Å². The maximum Gasteiger partial charge on any atom is 0.0930 e. The van der Waals surface area contributed by atoms with E-state index in [-0.39, 0.29) is 0 Å². The third-order valence-corrected chi connectivity index (χ3v) is 4.17. The molecule has 1 saturated heterocycles. The van der Waals surface area contributed by atoms with Crippen LogP contribution in [0.3, 0.4) is 0 Å². The lowest BCUT2D eigenvalue weighted by Gasteiger charge is -2.12. The first kappa shape index (κ1) is 11.3. The van der Waals surface area contributed by atoms with Gasteiger partial charge in [-0.05, 0) is 35.3 Å². The molecule has 1 atom stereocenters. The summed E-state index contributed by atoms with van der Waals surface area (Å²) in [6, 6.07) is 6.09. The van der Waals surface area contributed by atoms with Crippen LogP contribution < -0.4 is 5.90 Å². The van der Waals surface area contributed by atoms with E-state index in [1.807, 2.05) is 23.9 Å². The highest BCUT2D eigenvalue weighted by Gasteiger charge is 2.19. The first-order chi connectivity index (χ1) is 7.31. The molecule has 0 amide bonds. The predicted molar refractivity (Wildman–Crippen MR) is 65.1 cm³/mol. The van der Waals surface area contributed by atoms with Crippen LogP contribution in [0.1, 0.15) is 23.5 Å². The van der Waals surface area contributed by atoms with Crippen LogP contribution >= 0.6 is 23.4 Å². The average Bonchev–Trinajstić information content (AvgIpc) is 2.71. The highest BCUT2D eigenvalue weighted by Crippen LogP contribution is 2.36. The Morgan fingerprint density at radius 2 is 2.40 bits per heavy atom. The molecule has 1 aliphatic rings. The van der Waals surface area contributed by atoms with Gasteiger partial charge in [-0.1, -0.05) is 23.7 Å². The SMILES string of the molecule is NOCc1ccc(C2CCSC2)c(Cl)c1. The molecule has 1 fully saturated rings. The summed E-state index contributed by atoms with van der Waals surface area (Å²) in [4.78, 5) is 4.59. The minimum absolute atomic E-state index is 0.416. The highest BCUT2D eigenvalue weighted by atomic mass is 35.5. The maximum absolute atomic E-state index is 6.24. The molecule has 4 heteroatoms. The number of halogens is 1. The van der Waals surface area contributed by atoms with Crippen molar-refractivity contribution in [3.05, 3.63) is 34.3 Å². The molecule has 82 valence electrons. The van der Waals surface area contributed by atoms with E-state index < -0.39 is 0 Å². The predicted octanol–water partition coefficient (Wildman–Crippen LogP) is 2.95. The molecule has 1 aromatic rings. The quantitative estimate of drug-likeness (QED) is 0.830. The van der Waals surface area contributed by atoms with Crippen molar-refractivity contribution >= 4 is 23.4 Å². The van der Waals surface area contributed by atoms with Crippen molar-refractivity contribution < 1.29 is 4.84 Å². The fourth-order valence-electron chi connectivity index (χ4n) is 1.87. The minimum atomic E-state index is 0.416. The van der Waals surface area contributed by atoms with Gasteiger partial charge >= 0.3 is 0 Å². The third-order valence-electron chi connectivity index (χ3n) is 2.68. The molecule has 1 aromatic carbocycles. The van der Waals surface area contributed by atoms with Gasteiger partial charge in [0.15, 0.2) is 0 Å². The van der Waals surface area contributed by atoms with Gasteiger partial charge in [-0.25, -0.2) is 5.90 Å². The van der Waals surface area contributed by atoms with Gasteiger partial charge in [0.05, 0.1) is 6.61 Å². The lowest BCUT2D eigenvalue weighted by Crippen LogP contribution is -2.01. The fourth-order valence-corrected chi connectivity index (χ4v) is 3.47. The summed E-state index contributed by atoms with van der Waals surface area (Å²) in [7, 11) is 0. The standard InChI is InChI=1S/C11H14ClNOS/c12-11-5-8(6-14-13)1-2-10(11)9-3-4-15-7-9/h1-2,5,9H,3-4,6-7,13H2. The van der Waals surface area contributed by atoms with Crippen LogP contribution in [-0.2, 0) is 11.4 Å². The normalized spacial score (nSPS) is 20.8. The Morgan fingerprint density at radius 3 is 3.00 bits per heavy atom. The smallest absolute Gasteiger partial charge is 0.0930 e. The lowest BCUT2D eigenvalue weighted by atomic mass is 9.97. The highest BCUT2D eigenvalue weighted by molar-refractivity contribution is 7.99. The molecule has 1 aliphatic heterocycles. The van der Waals surface area contributed by atoms with Crippen LogP contribution in [0.15, 0.2) is 18.2 Å². The van der Waals surface area contributed by atoms with E-state index in [0.717, 1.165) is 10.6 Å². The van der Waals surface area contributed by atoms with E-state index in [4.69, 9.17) is 17.5 Å². The van der Waals surface area contributed by atoms with E-state index >= 15 is 0 Å². The molecule has 0 aliphatic carbocycles. The van der Waals surface area contributed by atoms with Crippen molar-refractivity contribution in [2.45, 2.75) is 18.9 Å². The van der Waals surface area contributed by atoms with Gasteiger partial charge in [0.2, 0.25) is 0 Å². The van der Waals surface area contributed by atoms with Crippen molar-refractivity contribution in [1.82, 2.24) is 0 Å². The van der Waals surface area contributed by atoms with Gasteiger partial charge in [0.1, 0.15) is 0 Å². The van der Waals surface area contributed by atoms with Crippen molar-refractivity contribution in [2.24, 2.45) is 5.90 Å². The van der Waals surface area contributed by atoms with E-state index in [1.54, 1.807) is 0 Å². The largest absolute Gasteiger partial charge is 0.300 e. The fraction of sp³-hybridized carbons (Fsp3) is 0.455. The second kappa shape index (κ2) is 5.21. The first-order valence-electron chi connectivity index (χ1n) is 4.99. The van der Waals surface area contributed by atoms with Crippen molar-refractivity contribution in [2.75, 3.05) is 11.5 Å². The lowest BCUT2D eigenvalue weighted by molar-refractivity contribution is 0.124. The molecule has 2 N–H and O–H groups in total. The minimum Gasteiger partial charge on any atom is -0.300 e. The van der Waals surface area contributed by atoms with Crippen LogP contribution in [0.5, 0.6) is 0 Å². The summed E-state index contributed by atoms with van der Waals surface area (Å²) >= 11 is 8.24. The van der Waals surface area contributed by atoms with Gasteiger partial charge in [-0.2, -0.15) is 11.8 Å². The monoisotopic (exact) mass is 243 g/mol. The zero-order chi connectivity index (χ0) is 10.7. The maximum atomic E-state index is 6.24. The van der Waals surface area contributed by atoms with Gasteiger partial charge in [-0.3, -0.25) is 4.84 Å². The molecule has 0 bridgehead atoms. The van der Waals surface area contributed by atoms with Gasteiger partial charge in [-0.15, -0.1) is 0 Å². The number of hydrogen-bond donors (Lipinski definition) is 1. The molecule has 0 aromatic heterocycles. The van der Waals surface area contributed by atoms with Gasteiger partial charge in [0, 0.05) is 10.8 Å². The molecule has 2 nitrogen and oxygen atoms in total. The summed E-state index contributed by atoms with van der Waals surface area (Å²) in [5, 5.41) is 0.844. The molecule has 1 unspecified atom stereocenters. The summed E-state index contributed by atoms with van der Waals surface area (Å²) in [5.41, 5.74) is 2.29. The van der Waals surface area contributed by atoms with Crippen molar-refractivity contribution in [1.29, 1.82) is 0 Å². The van der Waals surface area contributed by atoms with Crippen LogP contribution in [-0.4, -0.2) is 11.5 Å². The van der Waals surface area contributed by atoms with Crippen molar-refractivity contribution in [3.63, 3.8) is 0 Å². The topological polar surface area (TPSA) is 35.2 Å². The van der Waals surface area contributed by atoms with E-state index in [0.29, 0.717) is 12.5 Å². The van der Waals surface area contributed by atoms with E-state index in [2.05, 4.69) is 10.9 Å². The Morgan fingerprint density at radius 1 is 1.53 bits per heavy atom. The Labute approximate surface area is 99.1 Å². The average molecular weight is 244 g/mol. The second-order valence-electron chi connectivity index (χ2n) is 3.73. The Hall–Kier alpha value is -0.220. The van der Waals surface area contributed by atoms with Crippen LogP contribution in [0.25, 0.3) is 0 Å². The van der Waals surface area contributed by atoms with Gasteiger partial charge < -0.3 is 0 Å². The molecule has 15 heavy (non-hydrogen) atoms. The Kier molecular flexibility index (Phi) is 3.92. The second-order valence-corrected chi connectivity index (χ2v) is 5.28.